The predicted molar refractivity (Wildman–Crippen MR) is 82.0 cm³/mol. The molecule has 1 aliphatic carbocycles. The van der Waals surface area contributed by atoms with E-state index in [2.05, 4.69) is 24.4 Å². The van der Waals surface area contributed by atoms with Gasteiger partial charge in [0.25, 0.3) is 0 Å². The minimum absolute atomic E-state index is 0.416. The van der Waals surface area contributed by atoms with Crippen molar-refractivity contribution in [2.45, 2.75) is 57.6 Å². The van der Waals surface area contributed by atoms with Gasteiger partial charge >= 0.3 is 0 Å². The Bertz CT molecular complexity index is 400. The minimum atomic E-state index is -0.616. The van der Waals surface area contributed by atoms with Gasteiger partial charge in [0.15, 0.2) is 0 Å². The molecule has 3 nitrogen and oxygen atoms in total. The average Bonchev–Trinajstić information content (AvgIpc) is 2.47. The summed E-state index contributed by atoms with van der Waals surface area (Å²) in [6.45, 7) is 4.48. The number of aliphatic hydroxyl groups is 1. The zero-order valence-corrected chi connectivity index (χ0v) is 12.5. The van der Waals surface area contributed by atoms with Gasteiger partial charge in [-0.1, -0.05) is 38.3 Å². The Balaban J connectivity index is 1.84. The first kappa shape index (κ1) is 15.3. The number of rotatable bonds is 7. The average molecular weight is 277 g/mol. The second kappa shape index (κ2) is 7.65. The van der Waals surface area contributed by atoms with Gasteiger partial charge in [0.05, 0.1) is 5.60 Å². The number of ether oxygens (including phenoxy) is 1. The highest BCUT2D eigenvalue weighted by molar-refractivity contribution is 5.28. The molecule has 2 rings (SSSR count). The summed E-state index contributed by atoms with van der Waals surface area (Å²) in [7, 11) is 0. The fraction of sp³-hybridized carbons (Fsp3) is 0.647. The van der Waals surface area contributed by atoms with E-state index in [4.69, 9.17) is 4.74 Å². The molecule has 0 spiro atoms. The molecule has 1 saturated carbocycles. The van der Waals surface area contributed by atoms with Gasteiger partial charge in [0.2, 0.25) is 0 Å². The lowest BCUT2D eigenvalue weighted by Gasteiger charge is -2.31. The largest absolute Gasteiger partial charge is 0.491 e. The molecule has 112 valence electrons. The van der Waals surface area contributed by atoms with Gasteiger partial charge < -0.3 is 15.2 Å². The molecule has 0 aromatic heterocycles. The van der Waals surface area contributed by atoms with Gasteiger partial charge in [-0.15, -0.1) is 0 Å². The van der Waals surface area contributed by atoms with Crippen molar-refractivity contribution in [1.29, 1.82) is 0 Å². The summed E-state index contributed by atoms with van der Waals surface area (Å²) in [5.41, 5.74) is 0.612. The lowest BCUT2D eigenvalue weighted by Crippen LogP contribution is -2.37. The van der Waals surface area contributed by atoms with E-state index in [1.807, 2.05) is 12.1 Å². The van der Waals surface area contributed by atoms with Crippen LogP contribution in [0, 0.1) is 0 Å². The monoisotopic (exact) mass is 277 g/mol. The van der Waals surface area contributed by atoms with Crippen LogP contribution in [-0.4, -0.2) is 23.9 Å². The fourth-order valence-corrected chi connectivity index (χ4v) is 2.73. The van der Waals surface area contributed by atoms with Gasteiger partial charge in [-0.3, -0.25) is 0 Å². The van der Waals surface area contributed by atoms with Crippen LogP contribution in [0.15, 0.2) is 24.3 Å². The van der Waals surface area contributed by atoms with Crippen LogP contribution in [0.5, 0.6) is 5.75 Å². The van der Waals surface area contributed by atoms with E-state index >= 15 is 0 Å². The van der Waals surface area contributed by atoms with E-state index in [0.29, 0.717) is 6.61 Å². The Labute approximate surface area is 122 Å². The molecule has 0 aliphatic heterocycles. The Morgan fingerprint density at radius 1 is 1.25 bits per heavy atom. The van der Waals surface area contributed by atoms with E-state index in [0.717, 1.165) is 50.9 Å². The molecule has 20 heavy (non-hydrogen) atoms. The van der Waals surface area contributed by atoms with Crippen molar-refractivity contribution in [2.75, 3.05) is 13.2 Å². The highest BCUT2D eigenvalue weighted by Crippen LogP contribution is 2.28. The lowest BCUT2D eigenvalue weighted by atomic mass is 9.85. The third kappa shape index (κ3) is 4.80. The summed E-state index contributed by atoms with van der Waals surface area (Å²) in [6.07, 6.45) is 6.33. The maximum Gasteiger partial charge on any atom is 0.119 e. The quantitative estimate of drug-likeness (QED) is 0.752. The Hall–Kier alpha value is -1.06. The van der Waals surface area contributed by atoms with Crippen molar-refractivity contribution in [2.24, 2.45) is 0 Å². The van der Waals surface area contributed by atoms with Crippen molar-refractivity contribution in [3.05, 3.63) is 29.8 Å². The summed E-state index contributed by atoms with van der Waals surface area (Å²) < 4.78 is 5.82. The van der Waals surface area contributed by atoms with Crippen LogP contribution in [0.4, 0.5) is 0 Å². The normalized spacial score (nSPS) is 17.9. The van der Waals surface area contributed by atoms with Crippen molar-refractivity contribution >= 4 is 0 Å². The third-order valence-corrected chi connectivity index (χ3v) is 3.95. The topological polar surface area (TPSA) is 41.5 Å². The van der Waals surface area contributed by atoms with E-state index in [1.165, 1.54) is 12.0 Å². The third-order valence-electron chi connectivity index (χ3n) is 3.95. The van der Waals surface area contributed by atoms with Crippen LogP contribution in [0.25, 0.3) is 0 Å². The standard InChI is InChI=1S/C17H27NO2/c1-2-11-18-13-15-7-6-8-16(12-15)20-14-17(19)9-4-3-5-10-17/h6-8,12,18-19H,2-5,9-11,13-14H2,1H3. The molecule has 0 heterocycles. The summed E-state index contributed by atoms with van der Waals surface area (Å²) in [6, 6.07) is 8.15. The van der Waals surface area contributed by atoms with Gasteiger partial charge in [0, 0.05) is 6.54 Å². The Kier molecular flexibility index (Phi) is 5.86. The van der Waals surface area contributed by atoms with E-state index in [-0.39, 0.29) is 0 Å². The molecule has 0 radical (unpaired) electrons. The molecule has 3 heteroatoms. The molecule has 0 saturated heterocycles. The van der Waals surface area contributed by atoms with Crippen LogP contribution in [0.3, 0.4) is 0 Å². The van der Waals surface area contributed by atoms with Crippen LogP contribution in [0.1, 0.15) is 51.0 Å². The molecule has 1 fully saturated rings. The van der Waals surface area contributed by atoms with Gasteiger partial charge in [-0.05, 0) is 43.5 Å². The molecule has 0 unspecified atom stereocenters. The summed E-state index contributed by atoms with van der Waals surface area (Å²) in [4.78, 5) is 0. The molecule has 0 amide bonds. The van der Waals surface area contributed by atoms with Crippen molar-refractivity contribution < 1.29 is 9.84 Å². The van der Waals surface area contributed by atoms with Crippen LogP contribution >= 0.6 is 0 Å². The molecular formula is C17H27NO2. The second-order valence-corrected chi connectivity index (χ2v) is 5.90. The molecule has 0 atom stereocenters. The highest BCUT2D eigenvalue weighted by atomic mass is 16.5. The van der Waals surface area contributed by atoms with Crippen molar-refractivity contribution in [3.63, 3.8) is 0 Å². The number of nitrogens with one attached hydrogen (secondary N) is 1. The highest BCUT2D eigenvalue weighted by Gasteiger charge is 2.29. The zero-order valence-electron chi connectivity index (χ0n) is 12.5. The molecule has 1 aliphatic rings. The zero-order chi connectivity index (χ0) is 14.3. The SMILES string of the molecule is CCCNCc1cccc(OCC2(O)CCCCC2)c1. The minimum Gasteiger partial charge on any atom is -0.491 e. The number of hydrogen-bond donors (Lipinski definition) is 2. The second-order valence-electron chi connectivity index (χ2n) is 5.90. The summed E-state index contributed by atoms with van der Waals surface area (Å²) in [5, 5.41) is 13.8. The lowest BCUT2D eigenvalue weighted by molar-refractivity contribution is -0.0339. The Morgan fingerprint density at radius 3 is 2.80 bits per heavy atom. The maximum absolute atomic E-state index is 10.4. The van der Waals surface area contributed by atoms with Gasteiger partial charge in [-0.2, -0.15) is 0 Å². The number of hydrogen-bond acceptors (Lipinski definition) is 3. The molecular weight excluding hydrogens is 250 g/mol. The fourth-order valence-electron chi connectivity index (χ4n) is 2.73. The van der Waals surface area contributed by atoms with E-state index in [9.17, 15) is 5.11 Å². The first-order chi connectivity index (χ1) is 9.72. The van der Waals surface area contributed by atoms with Crippen LogP contribution in [-0.2, 0) is 6.54 Å². The van der Waals surface area contributed by atoms with Crippen molar-refractivity contribution in [1.82, 2.24) is 5.32 Å². The van der Waals surface area contributed by atoms with Crippen LogP contribution < -0.4 is 10.1 Å². The first-order valence-electron chi connectivity index (χ1n) is 7.87. The van der Waals surface area contributed by atoms with E-state index in [1.54, 1.807) is 0 Å². The van der Waals surface area contributed by atoms with Crippen molar-refractivity contribution in [3.8, 4) is 5.75 Å². The smallest absolute Gasteiger partial charge is 0.119 e. The number of benzene rings is 1. The molecule has 2 N–H and O–H groups in total. The van der Waals surface area contributed by atoms with Gasteiger partial charge in [0.1, 0.15) is 12.4 Å². The maximum atomic E-state index is 10.4. The summed E-state index contributed by atoms with van der Waals surface area (Å²) in [5.74, 6) is 0.861. The molecule has 1 aromatic carbocycles. The van der Waals surface area contributed by atoms with Gasteiger partial charge in [-0.25, -0.2) is 0 Å². The Morgan fingerprint density at radius 2 is 2.05 bits per heavy atom. The first-order valence-corrected chi connectivity index (χ1v) is 7.87. The summed E-state index contributed by atoms with van der Waals surface area (Å²) >= 11 is 0. The molecule has 0 bridgehead atoms. The predicted octanol–water partition coefficient (Wildman–Crippen LogP) is 3.26. The molecule has 1 aromatic rings. The van der Waals surface area contributed by atoms with E-state index < -0.39 is 5.60 Å². The van der Waals surface area contributed by atoms with Crippen LogP contribution in [0.2, 0.25) is 0 Å².